The highest BCUT2D eigenvalue weighted by Crippen LogP contribution is 2.64. The van der Waals surface area contributed by atoms with E-state index < -0.39 is 5.41 Å². The summed E-state index contributed by atoms with van der Waals surface area (Å²) in [5.41, 5.74) is 21.6. The van der Waals surface area contributed by atoms with E-state index in [0.717, 1.165) is 34.1 Å². The highest BCUT2D eigenvalue weighted by molar-refractivity contribution is 6.07. The van der Waals surface area contributed by atoms with Gasteiger partial charge in [-0.05, 0) is 161 Å². The Balaban J connectivity index is 0.809. The fraction of sp³-hybridized carbons (Fsp3) is 0.0145. The normalized spacial score (nSPS) is 12.6. The Morgan fingerprint density at radius 2 is 0.634 bits per heavy atom. The third kappa shape index (κ3) is 6.49. The second kappa shape index (κ2) is 16.5. The number of anilines is 6. The SMILES string of the molecule is c1ccc(N(c2ccc(-c3ccc(-c4ccc(N(c5ccccc5)c5ccc6ccccc6c5)cc4)cc3)cc2)c2ccc3c(c2)C2(c4ccccc4-c4ccccc42)c2ccc4ccccc4c2-3)cc1. The molecule has 0 aromatic heterocycles. The number of rotatable bonds is 8. The summed E-state index contributed by atoms with van der Waals surface area (Å²) in [6.07, 6.45) is 0. The Hall–Kier alpha value is -9.24. The molecule has 2 heteroatoms. The molecule has 0 fully saturated rings. The Kier molecular flexibility index (Phi) is 9.47. The highest BCUT2D eigenvalue weighted by atomic mass is 15.1. The van der Waals surface area contributed by atoms with Crippen LogP contribution < -0.4 is 9.80 Å². The largest absolute Gasteiger partial charge is 0.310 e. The van der Waals surface area contributed by atoms with Gasteiger partial charge < -0.3 is 9.80 Å². The van der Waals surface area contributed by atoms with E-state index in [4.69, 9.17) is 0 Å². The lowest BCUT2D eigenvalue weighted by molar-refractivity contribution is 0.794. The van der Waals surface area contributed by atoms with E-state index in [1.165, 1.54) is 88.3 Å². The van der Waals surface area contributed by atoms with Crippen LogP contribution >= 0.6 is 0 Å². The molecule has 0 saturated carbocycles. The van der Waals surface area contributed by atoms with E-state index in [-0.39, 0.29) is 0 Å². The van der Waals surface area contributed by atoms with Gasteiger partial charge in [0.1, 0.15) is 0 Å². The molecule has 2 nitrogen and oxygen atoms in total. The van der Waals surface area contributed by atoms with E-state index in [2.05, 4.69) is 289 Å². The molecule has 0 atom stereocenters. The second-order valence-electron chi connectivity index (χ2n) is 18.8. The highest BCUT2D eigenvalue weighted by Gasteiger charge is 2.52. The topological polar surface area (TPSA) is 6.48 Å². The summed E-state index contributed by atoms with van der Waals surface area (Å²) in [6.45, 7) is 0. The molecule has 2 aliphatic carbocycles. The minimum absolute atomic E-state index is 0.460. The van der Waals surface area contributed by atoms with Crippen molar-refractivity contribution in [2.45, 2.75) is 5.41 Å². The predicted molar refractivity (Wildman–Crippen MR) is 298 cm³/mol. The first kappa shape index (κ1) is 40.8. The quantitative estimate of drug-likeness (QED) is 0.150. The van der Waals surface area contributed by atoms with E-state index >= 15 is 0 Å². The van der Waals surface area contributed by atoms with E-state index in [0.29, 0.717) is 0 Å². The predicted octanol–water partition coefficient (Wildman–Crippen LogP) is 18.6. The van der Waals surface area contributed by atoms with Gasteiger partial charge in [0.15, 0.2) is 0 Å². The fourth-order valence-corrected chi connectivity index (χ4v) is 11.9. The van der Waals surface area contributed by atoms with Crippen molar-refractivity contribution in [3.8, 4) is 44.5 Å². The average Bonchev–Trinajstić information content (AvgIpc) is 3.92. The van der Waals surface area contributed by atoms with Crippen molar-refractivity contribution < 1.29 is 0 Å². The molecule has 0 heterocycles. The van der Waals surface area contributed by atoms with Gasteiger partial charge in [-0.25, -0.2) is 0 Å². The third-order valence-electron chi connectivity index (χ3n) is 15.0. The molecular weight excluding hydrogens is 857 g/mol. The maximum atomic E-state index is 2.48. The van der Waals surface area contributed by atoms with Crippen LogP contribution in [0.15, 0.2) is 279 Å². The first-order chi connectivity index (χ1) is 35.2. The van der Waals surface area contributed by atoms with E-state index in [9.17, 15) is 0 Å². The van der Waals surface area contributed by atoms with Crippen molar-refractivity contribution in [3.05, 3.63) is 301 Å². The molecule has 12 aromatic carbocycles. The molecule has 332 valence electrons. The molecule has 0 amide bonds. The lowest BCUT2D eigenvalue weighted by Crippen LogP contribution is -2.26. The van der Waals surface area contributed by atoms with Crippen molar-refractivity contribution >= 4 is 55.7 Å². The van der Waals surface area contributed by atoms with Crippen LogP contribution in [0, 0.1) is 0 Å². The lowest BCUT2D eigenvalue weighted by atomic mass is 9.70. The van der Waals surface area contributed by atoms with Crippen LogP contribution in [0.25, 0.3) is 66.1 Å². The Labute approximate surface area is 414 Å². The monoisotopic (exact) mass is 902 g/mol. The van der Waals surface area contributed by atoms with Crippen LogP contribution in [-0.2, 0) is 5.41 Å². The maximum absolute atomic E-state index is 2.48. The Bertz CT molecular complexity index is 3920. The van der Waals surface area contributed by atoms with Crippen molar-refractivity contribution in [3.63, 3.8) is 0 Å². The standard InChI is InChI=1S/C69H46N2/c1-3-18-54(19-4-1)70(58-41-35-47-15-7-8-17-53(47)45-58)56-37-31-50(32-38-56)48-27-29-49(30-28-48)51-33-39-57(40-34-51)71(55-20-5-2-6-21-55)59-42-43-63-67(46-59)69(66-44-36-52-16-9-10-22-60(52)68(63)66)64-25-13-11-23-61(64)62-24-12-14-26-65(62)69/h1-46H. The van der Waals surface area contributed by atoms with Gasteiger partial charge in [0.2, 0.25) is 0 Å². The molecule has 0 aliphatic heterocycles. The summed E-state index contributed by atoms with van der Waals surface area (Å²) in [6, 6.07) is 103. The molecule has 0 N–H and O–H groups in total. The molecular formula is C69H46N2. The summed E-state index contributed by atoms with van der Waals surface area (Å²) >= 11 is 0. The van der Waals surface area contributed by atoms with Gasteiger partial charge >= 0.3 is 0 Å². The van der Waals surface area contributed by atoms with Gasteiger partial charge in [-0.15, -0.1) is 0 Å². The molecule has 1 spiro atoms. The molecule has 0 bridgehead atoms. The second-order valence-corrected chi connectivity index (χ2v) is 18.8. The van der Waals surface area contributed by atoms with Crippen LogP contribution in [-0.4, -0.2) is 0 Å². The number of hydrogen-bond acceptors (Lipinski definition) is 2. The number of hydrogen-bond donors (Lipinski definition) is 0. The van der Waals surface area contributed by atoms with Crippen LogP contribution in [0.1, 0.15) is 22.3 Å². The molecule has 0 radical (unpaired) electrons. The number of nitrogens with zero attached hydrogens (tertiary/aromatic N) is 2. The van der Waals surface area contributed by atoms with Crippen LogP contribution in [0.2, 0.25) is 0 Å². The first-order valence-electron chi connectivity index (χ1n) is 24.6. The summed E-state index contributed by atoms with van der Waals surface area (Å²) in [5, 5.41) is 5.01. The van der Waals surface area contributed by atoms with Crippen molar-refractivity contribution in [2.75, 3.05) is 9.80 Å². The van der Waals surface area contributed by atoms with Crippen LogP contribution in [0.3, 0.4) is 0 Å². The Morgan fingerprint density at radius 1 is 0.225 bits per heavy atom. The number of fused-ring (bicyclic) bond motifs is 13. The average molecular weight is 903 g/mol. The van der Waals surface area contributed by atoms with Crippen LogP contribution in [0.5, 0.6) is 0 Å². The van der Waals surface area contributed by atoms with E-state index in [1.807, 2.05) is 0 Å². The van der Waals surface area contributed by atoms with E-state index in [1.54, 1.807) is 0 Å². The summed E-state index contributed by atoms with van der Waals surface area (Å²) in [7, 11) is 0. The summed E-state index contributed by atoms with van der Waals surface area (Å²) < 4.78 is 0. The number of para-hydroxylation sites is 2. The van der Waals surface area contributed by atoms with Gasteiger partial charge in [0, 0.05) is 34.1 Å². The van der Waals surface area contributed by atoms with Crippen molar-refractivity contribution in [1.82, 2.24) is 0 Å². The number of benzene rings is 12. The third-order valence-corrected chi connectivity index (χ3v) is 15.0. The van der Waals surface area contributed by atoms with Gasteiger partial charge in [-0.3, -0.25) is 0 Å². The minimum Gasteiger partial charge on any atom is -0.310 e. The zero-order valence-electron chi connectivity index (χ0n) is 39.0. The smallest absolute Gasteiger partial charge is 0.0726 e. The van der Waals surface area contributed by atoms with Gasteiger partial charge in [0.25, 0.3) is 0 Å². The Morgan fingerprint density at radius 3 is 1.21 bits per heavy atom. The zero-order valence-corrected chi connectivity index (χ0v) is 39.0. The fourth-order valence-electron chi connectivity index (χ4n) is 11.9. The van der Waals surface area contributed by atoms with Gasteiger partial charge in [-0.2, -0.15) is 0 Å². The first-order valence-corrected chi connectivity index (χ1v) is 24.6. The molecule has 14 rings (SSSR count). The summed E-state index contributed by atoms with van der Waals surface area (Å²) in [5.74, 6) is 0. The van der Waals surface area contributed by atoms with Gasteiger partial charge in [-0.1, -0.05) is 206 Å². The minimum atomic E-state index is -0.460. The molecule has 12 aromatic rings. The lowest BCUT2D eigenvalue weighted by Gasteiger charge is -2.32. The van der Waals surface area contributed by atoms with Crippen LogP contribution in [0.4, 0.5) is 34.1 Å². The molecule has 0 saturated heterocycles. The van der Waals surface area contributed by atoms with Crippen molar-refractivity contribution in [1.29, 1.82) is 0 Å². The molecule has 2 aliphatic rings. The van der Waals surface area contributed by atoms with Crippen molar-refractivity contribution in [2.24, 2.45) is 0 Å². The maximum Gasteiger partial charge on any atom is 0.0726 e. The summed E-state index contributed by atoms with van der Waals surface area (Å²) in [4.78, 5) is 4.74. The van der Waals surface area contributed by atoms with Gasteiger partial charge in [0.05, 0.1) is 5.41 Å². The zero-order chi connectivity index (χ0) is 46.9. The molecule has 71 heavy (non-hydrogen) atoms. The molecule has 0 unspecified atom stereocenters.